The van der Waals surface area contributed by atoms with Crippen LogP contribution in [-0.4, -0.2) is 25.0 Å². The van der Waals surface area contributed by atoms with Crippen LogP contribution in [0.15, 0.2) is 47.3 Å². The third kappa shape index (κ3) is 2.30. The van der Waals surface area contributed by atoms with Crippen LogP contribution < -0.4 is 5.73 Å². The summed E-state index contributed by atoms with van der Waals surface area (Å²) >= 11 is 0. The smallest absolute Gasteiger partial charge is 0.182 e. The molecule has 0 amide bonds. The third-order valence-electron chi connectivity index (χ3n) is 3.48. The van der Waals surface area contributed by atoms with Crippen molar-refractivity contribution in [3.63, 3.8) is 0 Å². The molecule has 3 heterocycles. The number of anilines is 1. The minimum Gasteiger partial charge on any atom is -0.463 e. The van der Waals surface area contributed by atoms with Gasteiger partial charge in [0.25, 0.3) is 0 Å². The molecule has 7 nitrogen and oxygen atoms in total. The van der Waals surface area contributed by atoms with Gasteiger partial charge < -0.3 is 10.2 Å². The molecule has 4 rings (SSSR count). The van der Waals surface area contributed by atoms with Gasteiger partial charge in [0, 0.05) is 5.69 Å². The zero-order chi connectivity index (χ0) is 15.8. The van der Waals surface area contributed by atoms with E-state index in [2.05, 4.69) is 20.3 Å². The highest BCUT2D eigenvalue weighted by atomic mass is 19.1. The van der Waals surface area contributed by atoms with Crippen LogP contribution >= 0.6 is 0 Å². The quantitative estimate of drug-likeness (QED) is 0.583. The zero-order valence-corrected chi connectivity index (χ0v) is 11.8. The van der Waals surface area contributed by atoms with Gasteiger partial charge in [-0.25, -0.2) is 19.0 Å². The lowest BCUT2D eigenvalue weighted by atomic mass is 10.2. The Labute approximate surface area is 129 Å². The van der Waals surface area contributed by atoms with Gasteiger partial charge in [0.2, 0.25) is 0 Å². The number of aromatic nitrogens is 5. The van der Waals surface area contributed by atoms with Gasteiger partial charge in [-0.3, -0.25) is 0 Å². The van der Waals surface area contributed by atoms with Crippen LogP contribution in [0.2, 0.25) is 0 Å². The van der Waals surface area contributed by atoms with E-state index in [-0.39, 0.29) is 12.4 Å². The van der Waals surface area contributed by atoms with Crippen LogP contribution in [0.5, 0.6) is 0 Å². The molecular formula is C15H11FN6O. The van der Waals surface area contributed by atoms with Gasteiger partial charge in [-0.2, -0.15) is 0 Å². The van der Waals surface area contributed by atoms with E-state index in [9.17, 15) is 4.39 Å². The van der Waals surface area contributed by atoms with Crippen molar-refractivity contribution in [3.8, 4) is 11.5 Å². The summed E-state index contributed by atoms with van der Waals surface area (Å²) in [5.74, 6) is 0.222. The van der Waals surface area contributed by atoms with Crippen LogP contribution in [0.3, 0.4) is 0 Å². The van der Waals surface area contributed by atoms with Crippen LogP contribution in [0.1, 0.15) is 5.56 Å². The van der Waals surface area contributed by atoms with Crippen LogP contribution in [-0.2, 0) is 6.54 Å². The molecule has 0 saturated carbocycles. The average molecular weight is 310 g/mol. The highest BCUT2D eigenvalue weighted by molar-refractivity contribution is 5.84. The van der Waals surface area contributed by atoms with Gasteiger partial charge in [-0.05, 0) is 35.9 Å². The molecular weight excluding hydrogens is 299 g/mol. The maximum Gasteiger partial charge on any atom is 0.182 e. The number of nitrogens with zero attached hydrogens (tertiary/aromatic N) is 5. The van der Waals surface area contributed by atoms with E-state index in [4.69, 9.17) is 10.2 Å². The molecule has 0 fully saturated rings. The number of nitrogen functional groups attached to an aromatic ring is 1. The average Bonchev–Trinajstić information content (AvgIpc) is 3.21. The summed E-state index contributed by atoms with van der Waals surface area (Å²) < 4.78 is 20.3. The second kappa shape index (κ2) is 5.16. The first-order chi connectivity index (χ1) is 11.2. The van der Waals surface area contributed by atoms with E-state index in [0.717, 1.165) is 0 Å². The fraction of sp³-hybridized carbons (Fsp3) is 0.0667. The van der Waals surface area contributed by atoms with E-state index in [1.807, 2.05) is 0 Å². The SMILES string of the molecule is Nc1ccc(F)cc1Cn1nnc2c(-c3ccco3)ncnc21. The van der Waals surface area contributed by atoms with E-state index in [1.54, 1.807) is 23.1 Å². The molecule has 0 unspecified atom stereocenters. The Kier molecular flexibility index (Phi) is 3.00. The third-order valence-corrected chi connectivity index (χ3v) is 3.48. The number of nitrogens with two attached hydrogens (primary N) is 1. The van der Waals surface area contributed by atoms with Crippen molar-refractivity contribution in [1.29, 1.82) is 0 Å². The Balaban J connectivity index is 1.80. The Morgan fingerprint density at radius 2 is 2.13 bits per heavy atom. The van der Waals surface area contributed by atoms with E-state index in [0.29, 0.717) is 33.9 Å². The minimum atomic E-state index is -0.357. The molecule has 4 aromatic rings. The van der Waals surface area contributed by atoms with Gasteiger partial charge in [-0.15, -0.1) is 5.10 Å². The molecule has 114 valence electrons. The molecule has 0 spiro atoms. The molecule has 1 aromatic carbocycles. The highest BCUT2D eigenvalue weighted by Gasteiger charge is 2.15. The molecule has 0 aliphatic rings. The first kappa shape index (κ1) is 13.4. The molecule has 8 heteroatoms. The number of halogens is 1. The lowest BCUT2D eigenvalue weighted by Crippen LogP contribution is -2.06. The number of furan rings is 1. The van der Waals surface area contributed by atoms with E-state index >= 15 is 0 Å². The maximum atomic E-state index is 13.4. The summed E-state index contributed by atoms with van der Waals surface area (Å²) in [4.78, 5) is 8.41. The van der Waals surface area contributed by atoms with Crippen molar-refractivity contribution in [3.05, 3.63) is 54.3 Å². The molecule has 0 saturated heterocycles. The maximum absolute atomic E-state index is 13.4. The van der Waals surface area contributed by atoms with E-state index in [1.165, 1.54) is 24.5 Å². The fourth-order valence-electron chi connectivity index (χ4n) is 2.36. The largest absolute Gasteiger partial charge is 0.463 e. The molecule has 2 N–H and O–H groups in total. The number of fused-ring (bicyclic) bond motifs is 1. The van der Waals surface area contributed by atoms with Crippen molar-refractivity contribution < 1.29 is 8.81 Å². The number of hydrogen-bond acceptors (Lipinski definition) is 6. The first-order valence-corrected chi connectivity index (χ1v) is 6.84. The second-order valence-corrected chi connectivity index (χ2v) is 4.96. The van der Waals surface area contributed by atoms with Gasteiger partial charge in [0.05, 0.1) is 12.8 Å². The fourth-order valence-corrected chi connectivity index (χ4v) is 2.36. The normalized spacial score (nSPS) is 11.2. The summed E-state index contributed by atoms with van der Waals surface area (Å²) in [5.41, 5.74) is 8.56. The molecule has 0 radical (unpaired) electrons. The summed E-state index contributed by atoms with van der Waals surface area (Å²) in [6.45, 7) is 0.259. The number of hydrogen-bond donors (Lipinski definition) is 1. The molecule has 0 aliphatic heterocycles. The predicted octanol–water partition coefficient (Wildman–Crippen LogP) is 2.25. The summed E-state index contributed by atoms with van der Waals surface area (Å²) in [5, 5.41) is 8.19. The van der Waals surface area contributed by atoms with Crippen molar-refractivity contribution in [2.24, 2.45) is 0 Å². The van der Waals surface area contributed by atoms with Crippen molar-refractivity contribution in [2.75, 3.05) is 5.73 Å². The minimum absolute atomic E-state index is 0.259. The number of rotatable bonds is 3. The van der Waals surface area contributed by atoms with Crippen molar-refractivity contribution in [1.82, 2.24) is 25.0 Å². The molecule has 0 atom stereocenters. The van der Waals surface area contributed by atoms with Gasteiger partial charge >= 0.3 is 0 Å². The first-order valence-electron chi connectivity index (χ1n) is 6.84. The lowest BCUT2D eigenvalue weighted by Gasteiger charge is -2.06. The lowest BCUT2D eigenvalue weighted by molar-refractivity contribution is 0.580. The summed E-state index contributed by atoms with van der Waals surface area (Å²) in [6, 6.07) is 7.76. The standard InChI is InChI=1S/C15H11FN6O/c16-10-3-4-11(17)9(6-10)7-22-15-14(20-21-22)13(18-8-19-15)12-2-1-5-23-12/h1-6,8H,7,17H2. The molecule has 0 bridgehead atoms. The Morgan fingerprint density at radius 1 is 1.22 bits per heavy atom. The highest BCUT2D eigenvalue weighted by Crippen LogP contribution is 2.24. The topological polar surface area (TPSA) is 95.7 Å². The van der Waals surface area contributed by atoms with Gasteiger partial charge in [-0.1, -0.05) is 5.21 Å². The van der Waals surface area contributed by atoms with Crippen LogP contribution in [0, 0.1) is 5.82 Å². The van der Waals surface area contributed by atoms with Gasteiger partial charge in [0.15, 0.2) is 16.9 Å². The second-order valence-electron chi connectivity index (χ2n) is 4.96. The number of benzene rings is 1. The Morgan fingerprint density at radius 3 is 2.96 bits per heavy atom. The summed E-state index contributed by atoms with van der Waals surface area (Å²) in [7, 11) is 0. The van der Waals surface area contributed by atoms with Crippen molar-refractivity contribution in [2.45, 2.75) is 6.54 Å². The van der Waals surface area contributed by atoms with E-state index < -0.39 is 0 Å². The van der Waals surface area contributed by atoms with Crippen LogP contribution in [0.4, 0.5) is 10.1 Å². The molecule has 23 heavy (non-hydrogen) atoms. The van der Waals surface area contributed by atoms with Crippen molar-refractivity contribution >= 4 is 16.9 Å². The predicted molar refractivity (Wildman–Crippen MR) is 80.7 cm³/mol. The molecule has 0 aliphatic carbocycles. The summed E-state index contributed by atoms with van der Waals surface area (Å²) in [6.07, 6.45) is 2.97. The Hall–Kier alpha value is -3.29. The van der Waals surface area contributed by atoms with Gasteiger partial charge in [0.1, 0.15) is 17.8 Å². The Bertz CT molecular complexity index is 979. The molecule has 3 aromatic heterocycles. The van der Waals surface area contributed by atoms with Crippen LogP contribution in [0.25, 0.3) is 22.6 Å². The zero-order valence-electron chi connectivity index (χ0n) is 11.8. The monoisotopic (exact) mass is 310 g/mol.